The van der Waals surface area contributed by atoms with Crippen molar-refractivity contribution < 1.29 is 9.18 Å². The van der Waals surface area contributed by atoms with Gasteiger partial charge in [0.05, 0.1) is 0 Å². The Balaban J connectivity index is 1.79. The normalized spacial score (nSPS) is 10.4. The summed E-state index contributed by atoms with van der Waals surface area (Å²) in [5.74, 6) is -0.248. The number of carbonyl (C=O) groups excluding carboxylic acids is 1. The molecule has 0 spiro atoms. The molecule has 1 aromatic heterocycles. The number of pyridine rings is 1. The molecule has 0 atom stereocenters. The van der Waals surface area contributed by atoms with Gasteiger partial charge < -0.3 is 10.6 Å². The average Bonchev–Trinajstić information content (AvgIpc) is 2.58. The van der Waals surface area contributed by atoms with Gasteiger partial charge in [-0.15, -0.1) is 0 Å². The molecule has 4 nitrogen and oxygen atoms in total. The molecule has 3 rings (SSSR count). The first-order valence-corrected chi connectivity index (χ1v) is 7.95. The highest BCUT2D eigenvalue weighted by Gasteiger charge is 2.09. The highest BCUT2D eigenvalue weighted by atomic mass is 35.5. The summed E-state index contributed by atoms with van der Waals surface area (Å²) in [5, 5.41) is 6.41. The topological polar surface area (TPSA) is 54.0 Å². The van der Waals surface area contributed by atoms with E-state index in [4.69, 9.17) is 11.6 Å². The summed E-state index contributed by atoms with van der Waals surface area (Å²) >= 11 is 6.01. The van der Waals surface area contributed by atoms with Gasteiger partial charge >= 0.3 is 0 Å². The third-order valence-corrected chi connectivity index (χ3v) is 3.80. The minimum Gasteiger partial charge on any atom is -0.340 e. The van der Waals surface area contributed by atoms with E-state index in [-0.39, 0.29) is 5.91 Å². The van der Waals surface area contributed by atoms with Crippen molar-refractivity contribution in [2.24, 2.45) is 0 Å². The second-order valence-corrected chi connectivity index (χ2v) is 5.91. The van der Waals surface area contributed by atoms with Crippen LogP contribution in [0.3, 0.4) is 0 Å². The van der Waals surface area contributed by atoms with Crippen molar-refractivity contribution >= 4 is 34.7 Å². The van der Waals surface area contributed by atoms with Gasteiger partial charge in [-0.3, -0.25) is 4.79 Å². The van der Waals surface area contributed by atoms with E-state index in [2.05, 4.69) is 15.6 Å². The fraction of sp³-hybridized carbons (Fsp3) is 0.0526. The zero-order chi connectivity index (χ0) is 17.8. The SMILES string of the molecule is Cc1ccc(Cl)cc1Nc1cc(C(=O)Nc2cccc(F)c2)ccn1. The third kappa shape index (κ3) is 4.33. The van der Waals surface area contributed by atoms with E-state index >= 15 is 0 Å². The highest BCUT2D eigenvalue weighted by Crippen LogP contribution is 2.23. The molecule has 0 aliphatic carbocycles. The third-order valence-electron chi connectivity index (χ3n) is 3.57. The van der Waals surface area contributed by atoms with E-state index in [1.807, 2.05) is 13.0 Å². The number of halogens is 2. The Labute approximate surface area is 149 Å². The minimum atomic E-state index is -0.411. The highest BCUT2D eigenvalue weighted by molar-refractivity contribution is 6.30. The van der Waals surface area contributed by atoms with Gasteiger partial charge in [-0.1, -0.05) is 23.7 Å². The van der Waals surface area contributed by atoms with Crippen molar-refractivity contribution in [1.82, 2.24) is 4.98 Å². The molecule has 0 aliphatic heterocycles. The summed E-state index contributed by atoms with van der Waals surface area (Å²) < 4.78 is 13.2. The molecule has 2 N–H and O–H groups in total. The van der Waals surface area contributed by atoms with Gasteiger partial charge in [0.25, 0.3) is 5.91 Å². The molecular weight excluding hydrogens is 341 g/mol. The number of anilines is 3. The predicted octanol–water partition coefficient (Wildman–Crippen LogP) is 5.18. The van der Waals surface area contributed by atoms with E-state index < -0.39 is 5.82 Å². The summed E-state index contributed by atoms with van der Waals surface area (Å²) in [5.41, 5.74) is 2.60. The van der Waals surface area contributed by atoms with Gasteiger partial charge in [-0.25, -0.2) is 9.37 Å². The number of carbonyl (C=O) groups is 1. The van der Waals surface area contributed by atoms with Crippen molar-refractivity contribution in [2.75, 3.05) is 10.6 Å². The Bertz CT molecular complexity index is 930. The smallest absolute Gasteiger partial charge is 0.255 e. The zero-order valence-corrected chi connectivity index (χ0v) is 14.1. The molecule has 0 radical (unpaired) electrons. The lowest BCUT2D eigenvalue weighted by Crippen LogP contribution is -2.12. The number of nitrogens with zero attached hydrogens (tertiary/aromatic N) is 1. The van der Waals surface area contributed by atoms with Crippen molar-refractivity contribution in [2.45, 2.75) is 6.92 Å². The van der Waals surface area contributed by atoms with Gasteiger partial charge in [0.2, 0.25) is 0 Å². The van der Waals surface area contributed by atoms with Crippen molar-refractivity contribution in [3.63, 3.8) is 0 Å². The van der Waals surface area contributed by atoms with Crippen molar-refractivity contribution in [3.8, 4) is 0 Å². The van der Waals surface area contributed by atoms with Crippen molar-refractivity contribution in [1.29, 1.82) is 0 Å². The number of aryl methyl sites for hydroxylation is 1. The first-order valence-electron chi connectivity index (χ1n) is 7.57. The molecule has 1 heterocycles. The van der Waals surface area contributed by atoms with Crippen LogP contribution in [0.4, 0.5) is 21.6 Å². The predicted molar refractivity (Wildman–Crippen MR) is 98.1 cm³/mol. The number of benzene rings is 2. The molecule has 126 valence electrons. The second kappa shape index (κ2) is 7.32. The van der Waals surface area contributed by atoms with Crippen LogP contribution >= 0.6 is 11.6 Å². The van der Waals surface area contributed by atoms with Gasteiger partial charge in [0.15, 0.2) is 0 Å². The van der Waals surface area contributed by atoms with Crippen LogP contribution in [0.15, 0.2) is 60.8 Å². The van der Waals surface area contributed by atoms with E-state index in [0.717, 1.165) is 11.3 Å². The summed E-state index contributed by atoms with van der Waals surface area (Å²) in [6, 6.07) is 14.4. The molecule has 0 fully saturated rings. The molecule has 0 aliphatic rings. The van der Waals surface area contributed by atoms with Gasteiger partial charge in [-0.2, -0.15) is 0 Å². The van der Waals surface area contributed by atoms with Gasteiger partial charge in [-0.05, 0) is 55.0 Å². The number of hydrogen-bond donors (Lipinski definition) is 2. The molecular formula is C19H15ClFN3O. The van der Waals surface area contributed by atoms with E-state index in [9.17, 15) is 9.18 Å². The molecule has 3 aromatic rings. The van der Waals surface area contributed by atoms with Crippen LogP contribution in [0.2, 0.25) is 5.02 Å². The monoisotopic (exact) mass is 355 g/mol. The van der Waals surface area contributed by atoms with Crippen LogP contribution < -0.4 is 10.6 Å². The Kier molecular flexibility index (Phi) is 4.95. The average molecular weight is 356 g/mol. The summed E-state index contributed by atoms with van der Waals surface area (Å²) in [6.45, 7) is 1.94. The lowest BCUT2D eigenvalue weighted by atomic mass is 10.2. The molecule has 6 heteroatoms. The fourth-order valence-electron chi connectivity index (χ4n) is 2.28. The number of hydrogen-bond acceptors (Lipinski definition) is 3. The maximum atomic E-state index is 13.2. The Morgan fingerprint density at radius 3 is 2.76 bits per heavy atom. The Morgan fingerprint density at radius 1 is 1.12 bits per heavy atom. The lowest BCUT2D eigenvalue weighted by molar-refractivity contribution is 0.102. The largest absolute Gasteiger partial charge is 0.340 e. The summed E-state index contributed by atoms with van der Waals surface area (Å²) in [7, 11) is 0. The summed E-state index contributed by atoms with van der Waals surface area (Å²) in [6.07, 6.45) is 1.53. The number of rotatable bonds is 4. The standard InChI is InChI=1S/C19H15ClFN3O/c1-12-5-6-14(20)10-17(12)24-18-9-13(7-8-22-18)19(25)23-16-4-2-3-15(21)11-16/h2-11H,1H3,(H,22,24)(H,23,25). The quantitative estimate of drug-likeness (QED) is 0.678. The van der Waals surface area contributed by atoms with Crippen molar-refractivity contribution in [3.05, 3.63) is 82.8 Å². The first kappa shape index (κ1) is 16.9. The van der Waals surface area contributed by atoms with Crippen LogP contribution in [0.1, 0.15) is 15.9 Å². The molecule has 25 heavy (non-hydrogen) atoms. The van der Waals surface area contributed by atoms with Gasteiger partial charge in [0.1, 0.15) is 11.6 Å². The Morgan fingerprint density at radius 2 is 1.96 bits per heavy atom. The first-order chi connectivity index (χ1) is 12.0. The van der Waals surface area contributed by atoms with E-state index in [1.165, 1.54) is 24.4 Å². The number of amides is 1. The molecule has 0 saturated heterocycles. The number of nitrogens with one attached hydrogen (secondary N) is 2. The zero-order valence-electron chi connectivity index (χ0n) is 13.4. The maximum Gasteiger partial charge on any atom is 0.255 e. The lowest BCUT2D eigenvalue weighted by Gasteiger charge is -2.11. The van der Waals surface area contributed by atoms with Crippen LogP contribution in [0.25, 0.3) is 0 Å². The Hall–Kier alpha value is -2.92. The van der Waals surface area contributed by atoms with E-state index in [1.54, 1.807) is 30.3 Å². The minimum absolute atomic E-state index is 0.348. The van der Waals surface area contributed by atoms with Crippen LogP contribution in [0, 0.1) is 12.7 Å². The molecule has 0 unspecified atom stereocenters. The maximum absolute atomic E-state index is 13.2. The molecule has 0 saturated carbocycles. The molecule has 2 aromatic carbocycles. The molecule has 0 bridgehead atoms. The second-order valence-electron chi connectivity index (χ2n) is 5.48. The van der Waals surface area contributed by atoms with Crippen LogP contribution in [0.5, 0.6) is 0 Å². The molecule has 1 amide bonds. The van der Waals surface area contributed by atoms with E-state index in [0.29, 0.717) is 22.1 Å². The summed E-state index contributed by atoms with van der Waals surface area (Å²) in [4.78, 5) is 16.6. The number of aromatic nitrogens is 1. The van der Waals surface area contributed by atoms with Crippen LogP contribution in [-0.4, -0.2) is 10.9 Å². The van der Waals surface area contributed by atoms with Gasteiger partial charge in [0, 0.05) is 28.2 Å². The van der Waals surface area contributed by atoms with Crippen LogP contribution in [-0.2, 0) is 0 Å². The fourth-order valence-corrected chi connectivity index (χ4v) is 2.45.